The molecule has 1 rings (SSSR count). The Hall–Kier alpha value is -1.34. The lowest BCUT2D eigenvalue weighted by Crippen LogP contribution is -2.54. The fraction of sp³-hybridized carbons (Fsp3) is 0.818. The number of nitrogens with one attached hydrogen (secondary N) is 2. The maximum absolute atomic E-state index is 11.5. The van der Waals surface area contributed by atoms with Crippen LogP contribution in [0.1, 0.15) is 13.3 Å². The molecule has 1 unspecified atom stereocenters. The van der Waals surface area contributed by atoms with Crippen molar-refractivity contribution in [1.82, 2.24) is 20.7 Å². The maximum Gasteiger partial charge on any atom is 0.329 e. The largest absolute Gasteiger partial charge is 0.481 e. The number of amides is 2. The van der Waals surface area contributed by atoms with E-state index in [1.165, 1.54) is 0 Å². The summed E-state index contributed by atoms with van der Waals surface area (Å²) in [5.41, 5.74) is 2.75. The van der Waals surface area contributed by atoms with Crippen LogP contribution < -0.4 is 10.7 Å². The number of likely N-dealkylation sites (N-methyl/N-ethyl adjacent to an activating group) is 1. The predicted molar refractivity (Wildman–Crippen MR) is 67.0 cm³/mol. The van der Waals surface area contributed by atoms with Crippen molar-refractivity contribution in [1.29, 1.82) is 0 Å². The Morgan fingerprint density at radius 2 is 1.89 bits per heavy atom. The second-order valence-electron chi connectivity index (χ2n) is 4.69. The number of hydrogen-bond acceptors (Lipinski definition) is 4. The van der Waals surface area contributed by atoms with Gasteiger partial charge in [-0.1, -0.05) is 6.92 Å². The molecule has 7 nitrogen and oxygen atoms in total. The van der Waals surface area contributed by atoms with E-state index in [1.807, 2.05) is 12.1 Å². The van der Waals surface area contributed by atoms with Gasteiger partial charge in [0.25, 0.3) is 0 Å². The first-order valence-corrected chi connectivity index (χ1v) is 6.20. The fourth-order valence-corrected chi connectivity index (χ4v) is 1.63. The van der Waals surface area contributed by atoms with E-state index in [2.05, 4.69) is 15.6 Å². The SMILES string of the molecule is CC(CCNC(=O)NN1CCN(C)CC1)C(=O)O. The molecule has 104 valence electrons. The lowest BCUT2D eigenvalue weighted by molar-refractivity contribution is -0.141. The Labute approximate surface area is 107 Å². The summed E-state index contributed by atoms with van der Waals surface area (Å²) in [4.78, 5) is 24.3. The normalized spacial score (nSPS) is 19.2. The van der Waals surface area contributed by atoms with Crippen LogP contribution in [0.5, 0.6) is 0 Å². The molecule has 1 aliphatic heterocycles. The topological polar surface area (TPSA) is 84.9 Å². The third-order valence-corrected chi connectivity index (χ3v) is 3.05. The minimum atomic E-state index is -0.837. The maximum atomic E-state index is 11.5. The van der Waals surface area contributed by atoms with Crippen LogP contribution in [0.15, 0.2) is 0 Å². The van der Waals surface area contributed by atoms with Crippen LogP contribution in [-0.4, -0.2) is 66.8 Å². The van der Waals surface area contributed by atoms with Gasteiger partial charge in [0.15, 0.2) is 0 Å². The summed E-state index contributed by atoms with van der Waals surface area (Å²) < 4.78 is 0. The summed E-state index contributed by atoms with van der Waals surface area (Å²) in [6, 6.07) is -0.267. The molecule has 1 fully saturated rings. The number of urea groups is 1. The minimum absolute atomic E-state index is 0.267. The number of aliphatic carboxylic acids is 1. The summed E-state index contributed by atoms with van der Waals surface area (Å²) in [6.45, 7) is 5.45. The number of carbonyl (C=O) groups is 2. The van der Waals surface area contributed by atoms with Crippen molar-refractivity contribution in [3.63, 3.8) is 0 Å². The molecule has 0 radical (unpaired) electrons. The first-order chi connectivity index (χ1) is 8.49. The summed E-state index contributed by atoms with van der Waals surface area (Å²) in [5.74, 6) is -1.27. The van der Waals surface area contributed by atoms with E-state index in [0.29, 0.717) is 13.0 Å². The molecule has 0 bridgehead atoms. The molecule has 1 atom stereocenters. The lowest BCUT2D eigenvalue weighted by atomic mass is 10.1. The van der Waals surface area contributed by atoms with Crippen molar-refractivity contribution in [2.75, 3.05) is 39.8 Å². The molecule has 0 aromatic rings. The molecule has 0 aromatic heterocycles. The molecule has 18 heavy (non-hydrogen) atoms. The highest BCUT2D eigenvalue weighted by molar-refractivity contribution is 5.73. The number of nitrogens with zero attached hydrogens (tertiary/aromatic N) is 2. The average molecular weight is 258 g/mol. The zero-order valence-corrected chi connectivity index (χ0v) is 11.0. The smallest absolute Gasteiger partial charge is 0.329 e. The van der Waals surface area contributed by atoms with Crippen molar-refractivity contribution < 1.29 is 14.7 Å². The van der Waals surface area contributed by atoms with Gasteiger partial charge in [-0.25, -0.2) is 9.80 Å². The standard InChI is InChI=1S/C11H22N4O3/c1-9(10(16)17)3-4-12-11(18)13-15-7-5-14(2)6-8-15/h9H,3-8H2,1-2H3,(H,16,17)(H2,12,13,18). The van der Waals surface area contributed by atoms with Gasteiger partial charge >= 0.3 is 12.0 Å². The monoisotopic (exact) mass is 258 g/mol. The zero-order chi connectivity index (χ0) is 13.5. The molecule has 0 saturated carbocycles. The molecule has 0 spiro atoms. The van der Waals surface area contributed by atoms with E-state index >= 15 is 0 Å². The average Bonchev–Trinajstić information content (AvgIpc) is 2.32. The van der Waals surface area contributed by atoms with Gasteiger partial charge in [0, 0.05) is 32.7 Å². The molecule has 0 aliphatic carbocycles. The second kappa shape index (κ2) is 7.17. The number of rotatable bonds is 5. The van der Waals surface area contributed by atoms with Gasteiger partial charge in [0.05, 0.1) is 5.92 Å². The first-order valence-electron chi connectivity index (χ1n) is 6.20. The third-order valence-electron chi connectivity index (χ3n) is 3.05. The van der Waals surface area contributed by atoms with Crippen molar-refractivity contribution in [2.45, 2.75) is 13.3 Å². The summed E-state index contributed by atoms with van der Waals surface area (Å²) in [5, 5.41) is 13.2. The van der Waals surface area contributed by atoms with Crippen molar-refractivity contribution in [2.24, 2.45) is 5.92 Å². The Morgan fingerprint density at radius 1 is 1.28 bits per heavy atom. The highest BCUT2D eigenvalue weighted by Gasteiger charge is 2.16. The molecule has 2 amide bonds. The van der Waals surface area contributed by atoms with Gasteiger partial charge in [-0.2, -0.15) is 0 Å². The molecule has 1 aliphatic rings. The summed E-state index contributed by atoms with van der Waals surface area (Å²) >= 11 is 0. The number of carbonyl (C=O) groups excluding carboxylic acids is 1. The van der Waals surface area contributed by atoms with E-state index in [1.54, 1.807) is 6.92 Å². The highest BCUT2D eigenvalue weighted by Crippen LogP contribution is 1.99. The Balaban J connectivity index is 2.12. The van der Waals surface area contributed by atoms with Crippen molar-refractivity contribution in [3.05, 3.63) is 0 Å². The van der Waals surface area contributed by atoms with Crippen LogP contribution in [0.2, 0.25) is 0 Å². The van der Waals surface area contributed by atoms with Crippen molar-refractivity contribution in [3.8, 4) is 0 Å². The van der Waals surface area contributed by atoms with Crippen LogP contribution in [-0.2, 0) is 4.79 Å². The van der Waals surface area contributed by atoms with Gasteiger partial charge in [0.1, 0.15) is 0 Å². The van der Waals surface area contributed by atoms with E-state index in [-0.39, 0.29) is 6.03 Å². The van der Waals surface area contributed by atoms with E-state index in [4.69, 9.17) is 5.11 Å². The van der Waals surface area contributed by atoms with Crippen LogP contribution >= 0.6 is 0 Å². The molecule has 0 aromatic carbocycles. The van der Waals surface area contributed by atoms with Gasteiger partial charge in [-0.05, 0) is 13.5 Å². The number of carboxylic acids is 1. The van der Waals surface area contributed by atoms with Crippen molar-refractivity contribution >= 4 is 12.0 Å². The second-order valence-corrected chi connectivity index (χ2v) is 4.69. The molecular weight excluding hydrogens is 236 g/mol. The van der Waals surface area contributed by atoms with E-state index in [0.717, 1.165) is 26.2 Å². The summed E-state index contributed by atoms with van der Waals surface area (Å²) in [6.07, 6.45) is 0.436. The predicted octanol–water partition coefficient (Wildman–Crippen LogP) is -0.441. The molecule has 7 heteroatoms. The lowest BCUT2D eigenvalue weighted by Gasteiger charge is -2.32. The molecule has 3 N–H and O–H groups in total. The summed E-state index contributed by atoms with van der Waals surface area (Å²) in [7, 11) is 2.05. The molecule has 1 saturated heterocycles. The highest BCUT2D eigenvalue weighted by atomic mass is 16.4. The Bertz CT molecular complexity index is 290. The van der Waals surface area contributed by atoms with Crippen LogP contribution in [0.4, 0.5) is 4.79 Å². The van der Waals surface area contributed by atoms with Crippen LogP contribution in [0.25, 0.3) is 0 Å². The number of piperazine rings is 1. The van der Waals surface area contributed by atoms with Gasteiger partial charge < -0.3 is 15.3 Å². The van der Waals surface area contributed by atoms with Gasteiger partial charge in [-0.3, -0.25) is 10.2 Å². The third kappa shape index (κ3) is 5.33. The quantitative estimate of drug-likeness (QED) is 0.622. The van der Waals surface area contributed by atoms with E-state index in [9.17, 15) is 9.59 Å². The number of hydrogen-bond donors (Lipinski definition) is 3. The zero-order valence-electron chi connectivity index (χ0n) is 11.0. The molecule has 1 heterocycles. The number of carboxylic acid groups (broad SMARTS) is 1. The van der Waals surface area contributed by atoms with Crippen LogP contribution in [0, 0.1) is 5.92 Å². The Kier molecular flexibility index (Phi) is 5.87. The van der Waals surface area contributed by atoms with E-state index < -0.39 is 11.9 Å². The molecular formula is C11H22N4O3. The number of hydrazine groups is 1. The first kappa shape index (κ1) is 14.7. The minimum Gasteiger partial charge on any atom is -0.481 e. The van der Waals surface area contributed by atoms with Gasteiger partial charge in [-0.15, -0.1) is 0 Å². The Morgan fingerprint density at radius 3 is 2.44 bits per heavy atom. The fourth-order valence-electron chi connectivity index (χ4n) is 1.63. The van der Waals surface area contributed by atoms with Crippen LogP contribution in [0.3, 0.4) is 0 Å². The van der Waals surface area contributed by atoms with Gasteiger partial charge in [0.2, 0.25) is 0 Å².